The molecule has 0 aliphatic heterocycles. The van der Waals surface area contributed by atoms with E-state index in [-0.39, 0.29) is 17.1 Å². The molecule has 0 aliphatic rings. The van der Waals surface area contributed by atoms with Crippen LogP contribution >= 0.6 is 15.9 Å². The van der Waals surface area contributed by atoms with E-state index in [1.54, 1.807) is 12.1 Å². The highest BCUT2D eigenvalue weighted by Crippen LogP contribution is 2.28. The first-order valence-electron chi connectivity index (χ1n) is 5.89. The summed E-state index contributed by atoms with van der Waals surface area (Å²) in [5.41, 5.74) is 5.91. The maximum atomic E-state index is 13.8. The molecule has 0 bridgehead atoms. The van der Waals surface area contributed by atoms with Gasteiger partial charge in [-0.2, -0.15) is 4.98 Å². The molecule has 0 atom stereocenters. The molecule has 3 aromatic rings. The summed E-state index contributed by atoms with van der Waals surface area (Å²) in [6.07, 6.45) is 0. The van der Waals surface area contributed by atoms with Crippen molar-refractivity contribution >= 4 is 21.6 Å². The van der Waals surface area contributed by atoms with Crippen molar-refractivity contribution in [2.45, 2.75) is 0 Å². The van der Waals surface area contributed by atoms with E-state index in [0.29, 0.717) is 17.5 Å². The van der Waals surface area contributed by atoms with Crippen LogP contribution in [-0.2, 0) is 0 Å². The predicted molar refractivity (Wildman–Crippen MR) is 77.2 cm³/mol. The van der Waals surface area contributed by atoms with Crippen molar-refractivity contribution in [2.75, 3.05) is 5.73 Å². The smallest absolute Gasteiger partial charge is 0.261 e. The van der Waals surface area contributed by atoms with Crippen molar-refractivity contribution in [3.05, 3.63) is 52.5 Å². The van der Waals surface area contributed by atoms with Gasteiger partial charge in [0.2, 0.25) is 5.82 Å². The standard InChI is InChI=1S/C14H8BrF2N3O/c15-8-3-1-7(2-4-8)13-19-14(21-20-13)9-5-12(18)11(17)6-10(9)16/h1-6H,18H2. The fourth-order valence-electron chi connectivity index (χ4n) is 1.78. The molecule has 106 valence electrons. The van der Waals surface area contributed by atoms with E-state index in [0.717, 1.165) is 10.5 Å². The number of halogens is 3. The van der Waals surface area contributed by atoms with Crippen LogP contribution in [0.25, 0.3) is 22.8 Å². The number of hydrogen-bond acceptors (Lipinski definition) is 4. The molecule has 21 heavy (non-hydrogen) atoms. The molecular weight excluding hydrogens is 344 g/mol. The molecule has 4 nitrogen and oxygen atoms in total. The van der Waals surface area contributed by atoms with Gasteiger partial charge in [-0.15, -0.1) is 0 Å². The minimum absolute atomic E-state index is 0.0373. The summed E-state index contributed by atoms with van der Waals surface area (Å²) in [4.78, 5) is 4.10. The highest BCUT2D eigenvalue weighted by molar-refractivity contribution is 9.10. The van der Waals surface area contributed by atoms with Crippen LogP contribution in [0.1, 0.15) is 0 Å². The molecule has 3 rings (SSSR count). The summed E-state index contributed by atoms with van der Waals surface area (Å²) in [5, 5.41) is 3.78. The lowest BCUT2D eigenvalue weighted by Crippen LogP contribution is -1.94. The molecular formula is C14H8BrF2N3O. The van der Waals surface area contributed by atoms with Gasteiger partial charge in [0, 0.05) is 16.1 Å². The number of benzene rings is 2. The van der Waals surface area contributed by atoms with Gasteiger partial charge in [-0.3, -0.25) is 0 Å². The molecule has 0 spiro atoms. The molecule has 0 unspecified atom stereocenters. The fraction of sp³-hybridized carbons (Fsp3) is 0. The van der Waals surface area contributed by atoms with E-state index in [4.69, 9.17) is 10.3 Å². The summed E-state index contributed by atoms with van der Waals surface area (Å²) in [5.74, 6) is -1.39. The second-order valence-corrected chi connectivity index (χ2v) is 5.20. The third kappa shape index (κ3) is 2.64. The Morgan fingerprint density at radius 3 is 2.48 bits per heavy atom. The zero-order valence-electron chi connectivity index (χ0n) is 10.5. The van der Waals surface area contributed by atoms with E-state index in [2.05, 4.69) is 26.1 Å². The van der Waals surface area contributed by atoms with Crippen molar-refractivity contribution in [3.8, 4) is 22.8 Å². The van der Waals surface area contributed by atoms with Crippen LogP contribution in [0.5, 0.6) is 0 Å². The Labute approximate surface area is 126 Å². The van der Waals surface area contributed by atoms with Gasteiger partial charge in [0.1, 0.15) is 11.6 Å². The van der Waals surface area contributed by atoms with Gasteiger partial charge < -0.3 is 10.3 Å². The van der Waals surface area contributed by atoms with E-state index < -0.39 is 11.6 Å². The first-order chi connectivity index (χ1) is 10.0. The molecule has 0 amide bonds. The van der Waals surface area contributed by atoms with Crippen molar-refractivity contribution in [1.82, 2.24) is 10.1 Å². The minimum Gasteiger partial charge on any atom is -0.396 e. The van der Waals surface area contributed by atoms with Crippen LogP contribution in [0.4, 0.5) is 14.5 Å². The van der Waals surface area contributed by atoms with Crippen LogP contribution < -0.4 is 5.73 Å². The largest absolute Gasteiger partial charge is 0.396 e. The number of nitrogens with two attached hydrogens (primary N) is 1. The van der Waals surface area contributed by atoms with Gasteiger partial charge in [0.15, 0.2) is 0 Å². The monoisotopic (exact) mass is 351 g/mol. The third-order valence-electron chi connectivity index (χ3n) is 2.85. The number of hydrogen-bond donors (Lipinski definition) is 1. The Balaban J connectivity index is 2.02. The van der Waals surface area contributed by atoms with Crippen LogP contribution in [0.15, 0.2) is 45.4 Å². The summed E-state index contributed by atoms with van der Waals surface area (Å²) in [6, 6.07) is 9.03. The Hall–Kier alpha value is -2.28. The molecule has 0 fully saturated rings. The first kappa shape index (κ1) is 13.7. The van der Waals surface area contributed by atoms with Crippen molar-refractivity contribution < 1.29 is 13.3 Å². The number of nitrogens with zero attached hydrogens (tertiary/aromatic N) is 2. The van der Waals surface area contributed by atoms with Crippen LogP contribution in [0.3, 0.4) is 0 Å². The van der Waals surface area contributed by atoms with Gasteiger partial charge in [-0.25, -0.2) is 8.78 Å². The van der Waals surface area contributed by atoms with E-state index in [1.807, 2.05) is 12.1 Å². The van der Waals surface area contributed by atoms with Crippen LogP contribution in [0, 0.1) is 11.6 Å². The topological polar surface area (TPSA) is 64.9 Å². The Morgan fingerprint density at radius 2 is 1.76 bits per heavy atom. The lowest BCUT2D eigenvalue weighted by molar-refractivity contribution is 0.429. The normalized spacial score (nSPS) is 10.8. The van der Waals surface area contributed by atoms with E-state index >= 15 is 0 Å². The van der Waals surface area contributed by atoms with Crippen LogP contribution in [-0.4, -0.2) is 10.1 Å². The summed E-state index contributed by atoms with van der Waals surface area (Å²) < 4.78 is 32.8. The van der Waals surface area contributed by atoms with Gasteiger partial charge in [-0.05, 0) is 30.3 Å². The number of nitrogen functional groups attached to an aromatic ring is 1. The predicted octanol–water partition coefficient (Wildman–Crippen LogP) is 4.03. The van der Waals surface area contributed by atoms with Gasteiger partial charge in [-0.1, -0.05) is 21.1 Å². The molecule has 1 heterocycles. The number of aromatic nitrogens is 2. The molecule has 7 heteroatoms. The molecule has 2 N–H and O–H groups in total. The van der Waals surface area contributed by atoms with Crippen molar-refractivity contribution in [2.24, 2.45) is 0 Å². The van der Waals surface area contributed by atoms with Crippen molar-refractivity contribution in [1.29, 1.82) is 0 Å². The highest BCUT2D eigenvalue weighted by Gasteiger charge is 2.16. The first-order valence-corrected chi connectivity index (χ1v) is 6.68. The second-order valence-electron chi connectivity index (χ2n) is 4.28. The molecule has 0 radical (unpaired) electrons. The average Bonchev–Trinajstić information content (AvgIpc) is 2.93. The van der Waals surface area contributed by atoms with Gasteiger partial charge >= 0.3 is 0 Å². The Bertz CT molecular complexity index is 802. The Morgan fingerprint density at radius 1 is 1.05 bits per heavy atom. The zero-order valence-corrected chi connectivity index (χ0v) is 12.1. The molecule has 1 aromatic heterocycles. The van der Waals surface area contributed by atoms with Gasteiger partial charge in [0.05, 0.1) is 11.3 Å². The summed E-state index contributed by atoms with van der Waals surface area (Å²) >= 11 is 3.32. The minimum atomic E-state index is -0.830. The lowest BCUT2D eigenvalue weighted by atomic mass is 10.1. The summed E-state index contributed by atoms with van der Waals surface area (Å²) in [7, 11) is 0. The summed E-state index contributed by atoms with van der Waals surface area (Å²) in [6.45, 7) is 0. The zero-order chi connectivity index (χ0) is 15.0. The lowest BCUT2D eigenvalue weighted by Gasteiger charge is -2.00. The number of rotatable bonds is 2. The molecule has 0 aliphatic carbocycles. The highest BCUT2D eigenvalue weighted by atomic mass is 79.9. The second kappa shape index (κ2) is 5.25. The van der Waals surface area contributed by atoms with E-state index in [9.17, 15) is 8.78 Å². The molecule has 0 saturated carbocycles. The molecule has 2 aromatic carbocycles. The Kier molecular flexibility index (Phi) is 3.42. The SMILES string of the molecule is Nc1cc(-c2nc(-c3ccc(Br)cc3)no2)c(F)cc1F. The average molecular weight is 352 g/mol. The molecule has 0 saturated heterocycles. The van der Waals surface area contributed by atoms with Crippen molar-refractivity contribution in [3.63, 3.8) is 0 Å². The maximum Gasteiger partial charge on any atom is 0.261 e. The third-order valence-corrected chi connectivity index (χ3v) is 3.37. The number of anilines is 1. The fourth-order valence-corrected chi connectivity index (χ4v) is 2.04. The van der Waals surface area contributed by atoms with Gasteiger partial charge in [0.25, 0.3) is 5.89 Å². The quantitative estimate of drug-likeness (QED) is 0.708. The maximum absolute atomic E-state index is 13.8. The van der Waals surface area contributed by atoms with Crippen LogP contribution in [0.2, 0.25) is 0 Å². The van der Waals surface area contributed by atoms with E-state index in [1.165, 1.54) is 0 Å².